The van der Waals surface area contributed by atoms with Crippen molar-refractivity contribution in [2.45, 2.75) is 13.5 Å². The minimum Gasteiger partial charge on any atom is -0.341 e. The zero-order chi connectivity index (χ0) is 12.7. The minimum atomic E-state index is 0.186. The van der Waals surface area contributed by atoms with Gasteiger partial charge in [-0.2, -0.15) is 23.1 Å². The Labute approximate surface area is 111 Å². The Morgan fingerprint density at radius 1 is 1.65 bits per heavy atom. The van der Waals surface area contributed by atoms with Crippen LogP contribution in [-0.4, -0.2) is 35.9 Å². The number of hydrogen-bond acceptors (Lipinski definition) is 4. The van der Waals surface area contributed by atoms with Crippen molar-refractivity contribution in [3.05, 3.63) is 22.4 Å². The SMILES string of the molecule is CC(CN)CSCC(=O)N(C)Cc1ccsc1. The summed E-state index contributed by atoms with van der Waals surface area (Å²) in [5.41, 5.74) is 6.73. The van der Waals surface area contributed by atoms with E-state index in [2.05, 4.69) is 18.4 Å². The minimum absolute atomic E-state index is 0.186. The van der Waals surface area contributed by atoms with Gasteiger partial charge in [0, 0.05) is 13.6 Å². The molecule has 0 fully saturated rings. The maximum Gasteiger partial charge on any atom is 0.232 e. The number of thioether (sulfide) groups is 1. The van der Waals surface area contributed by atoms with E-state index >= 15 is 0 Å². The summed E-state index contributed by atoms with van der Waals surface area (Å²) < 4.78 is 0. The van der Waals surface area contributed by atoms with Gasteiger partial charge in [-0.25, -0.2) is 0 Å². The molecule has 0 saturated heterocycles. The first-order chi connectivity index (χ1) is 8.13. The van der Waals surface area contributed by atoms with Gasteiger partial charge in [-0.1, -0.05) is 6.92 Å². The monoisotopic (exact) mass is 272 g/mol. The van der Waals surface area contributed by atoms with E-state index in [0.717, 1.165) is 5.75 Å². The number of amides is 1. The fraction of sp³-hybridized carbons (Fsp3) is 0.583. The van der Waals surface area contributed by atoms with E-state index in [-0.39, 0.29) is 5.91 Å². The first-order valence-electron chi connectivity index (χ1n) is 5.66. The number of nitrogens with two attached hydrogens (primary N) is 1. The number of carbonyl (C=O) groups excluding carboxylic acids is 1. The molecule has 1 aromatic rings. The van der Waals surface area contributed by atoms with E-state index in [9.17, 15) is 4.79 Å². The van der Waals surface area contributed by atoms with E-state index in [1.54, 1.807) is 28.0 Å². The number of rotatable bonds is 7. The molecule has 3 nitrogen and oxygen atoms in total. The molecule has 0 aliphatic rings. The molecule has 96 valence electrons. The molecule has 0 aliphatic heterocycles. The summed E-state index contributed by atoms with van der Waals surface area (Å²) in [4.78, 5) is 13.6. The largest absolute Gasteiger partial charge is 0.341 e. The molecule has 17 heavy (non-hydrogen) atoms. The molecule has 1 unspecified atom stereocenters. The lowest BCUT2D eigenvalue weighted by atomic mass is 10.2. The predicted molar refractivity (Wildman–Crippen MR) is 76.3 cm³/mol. The molecular formula is C12H20N2OS2. The van der Waals surface area contributed by atoms with Gasteiger partial charge in [0.15, 0.2) is 0 Å². The predicted octanol–water partition coefficient (Wildman–Crippen LogP) is 2.03. The highest BCUT2D eigenvalue weighted by Gasteiger charge is 2.10. The molecule has 1 aromatic heterocycles. The van der Waals surface area contributed by atoms with E-state index < -0.39 is 0 Å². The Morgan fingerprint density at radius 2 is 2.41 bits per heavy atom. The van der Waals surface area contributed by atoms with Crippen LogP contribution >= 0.6 is 23.1 Å². The van der Waals surface area contributed by atoms with Crippen molar-refractivity contribution in [3.63, 3.8) is 0 Å². The lowest BCUT2D eigenvalue weighted by Crippen LogP contribution is -2.28. The fourth-order valence-corrected chi connectivity index (χ4v) is 2.98. The number of thiophene rings is 1. The summed E-state index contributed by atoms with van der Waals surface area (Å²) in [5.74, 6) is 2.17. The van der Waals surface area contributed by atoms with Gasteiger partial charge in [0.1, 0.15) is 0 Å². The van der Waals surface area contributed by atoms with Crippen LogP contribution in [-0.2, 0) is 11.3 Å². The van der Waals surface area contributed by atoms with Crippen LogP contribution in [0.15, 0.2) is 16.8 Å². The van der Waals surface area contributed by atoms with Crippen LogP contribution in [0, 0.1) is 5.92 Å². The van der Waals surface area contributed by atoms with Crippen LogP contribution in [0.3, 0.4) is 0 Å². The van der Waals surface area contributed by atoms with Crippen molar-refractivity contribution in [1.82, 2.24) is 4.90 Å². The summed E-state index contributed by atoms with van der Waals surface area (Å²) >= 11 is 3.33. The van der Waals surface area contributed by atoms with Gasteiger partial charge in [0.25, 0.3) is 0 Å². The van der Waals surface area contributed by atoms with Crippen LogP contribution < -0.4 is 5.73 Å². The highest BCUT2D eigenvalue weighted by Crippen LogP contribution is 2.11. The standard InChI is InChI=1S/C12H20N2OS2/c1-10(5-13)7-17-9-12(15)14(2)6-11-3-4-16-8-11/h3-4,8,10H,5-7,9,13H2,1-2H3. The number of carbonyl (C=O) groups is 1. The van der Waals surface area contributed by atoms with Gasteiger partial charge in [-0.3, -0.25) is 4.79 Å². The molecule has 0 bridgehead atoms. The fourth-order valence-electron chi connectivity index (χ4n) is 1.27. The molecule has 0 saturated carbocycles. The van der Waals surface area contributed by atoms with E-state index in [4.69, 9.17) is 5.73 Å². The van der Waals surface area contributed by atoms with Crippen LogP contribution in [0.2, 0.25) is 0 Å². The first kappa shape index (κ1) is 14.5. The molecule has 2 N–H and O–H groups in total. The molecule has 1 rings (SSSR count). The van der Waals surface area contributed by atoms with Gasteiger partial charge in [0.05, 0.1) is 5.75 Å². The Bertz CT molecular complexity index is 327. The van der Waals surface area contributed by atoms with Gasteiger partial charge in [-0.05, 0) is 40.6 Å². The lowest BCUT2D eigenvalue weighted by molar-refractivity contribution is -0.127. The van der Waals surface area contributed by atoms with E-state index in [1.165, 1.54) is 5.56 Å². The zero-order valence-electron chi connectivity index (χ0n) is 10.4. The molecule has 0 spiro atoms. The van der Waals surface area contributed by atoms with E-state index in [0.29, 0.717) is 24.8 Å². The number of hydrogen-bond donors (Lipinski definition) is 1. The molecule has 1 atom stereocenters. The van der Waals surface area contributed by atoms with Crippen molar-refractivity contribution in [3.8, 4) is 0 Å². The summed E-state index contributed by atoms with van der Waals surface area (Å²) in [6, 6.07) is 2.05. The molecule has 1 amide bonds. The molecule has 0 radical (unpaired) electrons. The highest BCUT2D eigenvalue weighted by atomic mass is 32.2. The van der Waals surface area contributed by atoms with Crippen molar-refractivity contribution < 1.29 is 4.79 Å². The molecule has 5 heteroatoms. The Balaban J connectivity index is 2.23. The Hall–Kier alpha value is -0.520. The normalized spacial score (nSPS) is 12.4. The van der Waals surface area contributed by atoms with E-state index in [1.807, 2.05) is 12.4 Å². The van der Waals surface area contributed by atoms with Crippen LogP contribution in [0.4, 0.5) is 0 Å². The van der Waals surface area contributed by atoms with Gasteiger partial charge < -0.3 is 10.6 Å². The van der Waals surface area contributed by atoms with Gasteiger partial charge >= 0.3 is 0 Å². The third kappa shape index (κ3) is 5.57. The summed E-state index contributed by atoms with van der Waals surface area (Å²) in [6.45, 7) is 3.49. The average molecular weight is 272 g/mol. The summed E-state index contributed by atoms with van der Waals surface area (Å²) in [7, 11) is 1.85. The summed E-state index contributed by atoms with van der Waals surface area (Å²) in [6.07, 6.45) is 0. The molecular weight excluding hydrogens is 252 g/mol. The maximum absolute atomic E-state index is 11.8. The topological polar surface area (TPSA) is 46.3 Å². The zero-order valence-corrected chi connectivity index (χ0v) is 12.0. The third-order valence-electron chi connectivity index (χ3n) is 2.46. The maximum atomic E-state index is 11.8. The second kappa shape index (κ2) is 7.74. The highest BCUT2D eigenvalue weighted by molar-refractivity contribution is 7.99. The Kier molecular flexibility index (Phi) is 6.62. The van der Waals surface area contributed by atoms with Crippen molar-refractivity contribution in [2.75, 3.05) is 25.1 Å². The quantitative estimate of drug-likeness (QED) is 0.826. The lowest BCUT2D eigenvalue weighted by Gasteiger charge is -2.16. The second-order valence-corrected chi connectivity index (χ2v) is 6.05. The number of nitrogens with zero attached hydrogens (tertiary/aromatic N) is 1. The average Bonchev–Trinajstić information content (AvgIpc) is 2.81. The van der Waals surface area contributed by atoms with Gasteiger partial charge in [0.2, 0.25) is 5.91 Å². The van der Waals surface area contributed by atoms with Crippen molar-refractivity contribution in [1.29, 1.82) is 0 Å². The van der Waals surface area contributed by atoms with Gasteiger partial charge in [-0.15, -0.1) is 0 Å². The van der Waals surface area contributed by atoms with Crippen LogP contribution in [0.1, 0.15) is 12.5 Å². The Morgan fingerprint density at radius 3 is 3.00 bits per heavy atom. The van der Waals surface area contributed by atoms with Crippen molar-refractivity contribution in [2.24, 2.45) is 11.7 Å². The molecule has 1 heterocycles. The summed E-state index contributed by atoms with van der Waals surface area (Å²) in [5, 5.41) is 4.11. The first-order valence-corrected chi connectivity index (χ1v) is 7.76. The molecule has 0 aliphatic carbocycles. The third-order valence-corrected chi connectivity index (χ3v) is 4.44. The van der Waals surface area contributed by atoms with Crippen LogP contribution in [0.25, 0.3) is 0 Å². The smallest absolute Gasteiger partial charge is 0.232 e. The van der Waals surface area contributed by atoms with Crippen LogP contribution in [0.5, 0.6) is 0 Å². The molecule has 0 aromatic carbocycles. The van der Waals surface area contributed by atoms with Crippen molar-refractivity contribution >= 4 is 29.0 Å². The second-order valence-electron chi connectivity index (χ2n) is 4.24.